The number of hydrogen-bond acceptors (Lipinski definition) is 8. The quantitative estimate of drug-likeness (QED) is 0.313. The van der Waals surface area contributed by atoms with Crippen molar-refractivity contribution in [1.82, 2.24) is 15.5 Å². The lowest BCUT2D eigenvalue weighted by Gasteiger charge is -2.24. The number of carbonyl (C=O) groups is 2. The van der Waals surface area contributed by atoms with Crippen LogP contribution in [-0.4, -0.2) is 67.9 Å². The topological polar surface area (TPSA) is 93.7 Å². The van der Waals surface area contributed by atoms with Gasteiger partial charge in [0.2, 0.25) is 0 Å². The Hall–Kier alpha value is -2.78. The first-order chi connectivity index (χ1) is 16.0. The Balaban J connectivity index is 1.66. The number of likely N-dealkylation sites (N-methyl/N-ethyl adjacent to an activating group) is 1. The largest absolute Gasteiger partial charge is 0.506 e. The lowest BCUT2D eigenvalue weighted by molar-refractivity contribution is 0.0977. The van der Waals surface area contributed by atoms with E-state index in [0.717, 1.165) is 37.0 Å². The fourth-order valence-electron chi connectivity index (χ4n) is 4.72. The third kappa shape index (κ3) is 3.83. The van der Waals surface area contributed by atoms with E-state index in [0.29, 0.717) is 40.6 Å². The predicted octanol–water partition coefficient (Wildman–Crippen LogP) is 2.81. The second kappa shape index (κ2) is 8.87. The van der Waals surface area contributed by atoms with Gasteiger partial charge in [-0.1, -0.05) is 24.3 Å². The predicted molar refractivity (Wildman–Crippen MR) is 132 cm³/mol. The fourth-order valence-corrected chi connectivity index (χ4v) is 5.74. The van der Waals surface area contributed by atoms with Crippen LogP contribution in [0, 0.1) is 0 Å². The number of rotatable bonds is 7. The third-order valence-corrected chi connectivity index (χ3v) is 7.48. The molecule has 2 heterocycles. The standard InChI is InChI=1S/C25H28N4O3S/c1-29(2)10-9-27-21-18-14(11-28-15-7-8-26-12-15)13-33-25(18)24(32)20-19(21)22(30)16-5-3-4-6-17(16)23(20)31/h3-6,13,15,26-28,32H,7-12H2,1-2H3. The molecule has 1 aliphatic heterocycles. The molecule has 0 bridgehead atoms. The van der Waals surface area contributed by atoms with Crippen molar-refractivity contribution in [1.29, 1.82) is 0 Å². The van der Waals surface area contributed by atoms with Crippen molar-refractivity contribution in [2.45, 2.75) is 19.0 Å². The lowest BCUT2D eigenvalue weighted by atomic mass is 9.81. The Morgan fingerprint density at radius 1 is 1.15 bits per heavy atom. The number of phenolic OH excluding ortho intramolecular Hbond substituents is 1. The molecule has 7 nitrogen and oxygen atoms in total. The van der Waals surface area contributed by atoms with Crippen LogP contribution < -0.4 is 16.0 Å². The molecule has 0 radical (unpaired) electrons. The molecule has 3 aromatic rings. The Labute approximate surface area is 196 Å². The summed E-state index contributed by atoms with van der Waals surface area (Å²) in [5, 5.41) is 24.5. The van der Waals surface area contributed by atoms with Crippen molar-refractivity contribution in [2.24, 2.45) is 0 Å². The molecule has 8 heteroatoms. The van der Waals surface area contributed by atoms with Crippen molar-refractivity contribution < 1.29 is 14.7 Å². The monoisotopic (exact) mass is 464 g/mol. The van der Waals surface area contributed by atoms with Gasteiger partial charge in [-0.3, -0.25) is 9.59 Å². The molecular weight excluding hydrogens is 436 g/mol. The number of carbonyl (C=O) groups excluding carboxylic acids is 2. The molecule has 5 rings (SSSR count). The number of aromatic hydroxyl groups is 1. The van der Waals surface area contributed by atoms with Crippen LogP contribution in [0.5, 0.6) is 5.75 Å². The van der Waals surface area contributed by atoms with Gasteiger partial charge in [0.15, 0.2) is 11.6 Å². The van der Waals surface area contributed by atoms with Gasteiger partial charge in [0, 0.05) is 48.7 Å². The molecule has 172 valence electrons. The van der Waals surface area contributed by atoms with Crippen LogP contribution in [0.2, 0.25) is 0 Å². The summed E-state index contributed by atoms with van der Waals surface area (Å²) in [4.78, 5) is 29.1. The van der Waals surface area contributed by atoms with Crippen LogP contribution in [-0.2, 0) is 6.54 Å². The highest BCUT2D eigenvalue weighted by atomic mass is 32.1. The van der Waals surface area contributed by atoms with E-state index in [2.05, 4.69) is 20.9 Å². The summed E-state index contributed by atoms with van der Waals surface area (Å²) in [6.07, 6.45) is 1.07. The van der Waals surface area contributed by atoms with Crippen LogP contribution in [0.1, 0.15) is 43.8 Å². The number of nitrogens with zero attached hydrogens (tertiary/aromatic N) is 1. The first kappa shape index (κ1) is 22.0. The third-order valence-electron chi connectivity index (χ3n) is 6.44. The summed E-state index contributed by atoms with van der Waals surface area (Å²) in [5.74, 6) is -0.625. The molecule has 0 amide bonds. The smallest absolute Gasteiger partial charge is 0.198 e. The molecule has 33 heavy (non-hydrogen) atoms. The maximum absolute atomic E-state index is 13.6. The fraction of sp³-hybridized carbons (Fsp3) is 0.360. The zero-order chi connectivity index (χ0) is 23.1. The highest BCUT2D eigenvalue weighted by Crippen LogP contribution is 2.47. The van der Waals surface area contributed by atoms with E-state index in [-0.39, 0.29) is 28.4 Å². The number of thiophene rings is 1. The Morgan fingerprint density at radius 3 is 2.55 bits per heavy atom. The first-order valence-electron chi connectivity index (χ1n) is 11.3. The number of anilines is 1. The number of ketones is 2. The van der Waals surface area contributed by atoms with Crippen molar-refractivity contribution in [2.75, 3.05) is 45.6 Å². The Morgan fingerprint density at radius 2 is 1.88 bits per heavy atom. The number of nitrogens with one attached hydrogen (secondary N) is 3. The Kier molecular flexibility index (Phi) is 5.92. The summed E-state index contributed by atoms with van der Waals surface area (Å²) >= 11 is 1.41. The normalized spacial score (nSPS) is 17.6. The van der Waals surface area contributed by atoms with E-state index in [1.165, 1.54) is 11.3 Å². The van der Waals surface area contributed by atoms with Gasteiger partial charge >= 0.3 is 0 Å². The maximum atomic E-state index is 13.6. The Bertz CT molecular complexity index is 1240. The molecule has 1 aromatic heterocycles. The first-order valence-corrected chi connectivity index (χ1v) is 12.2. The SMILES string of the molecule is CN(C)CCNc1c2c(c(O)c3scc(CNC4CCNC4)c13)C(=O)c1ccccc1C2=O. The summed E-state index contributed by atoms with van der Waals surface area (Å²) in [5.41, 5.74) is 2.79. The molecule has 1 aliphatic carbocycles. The van der Waals surface area contributed by atoms with Crippen LogP contribution in [0.15, 0.2) is 29.6 Å². The van der Waals surface area contributed by atoms with Gasteiger partial charge in [-0.05, 0) is 38.0 Å². The summed E-state index contributed by atoms with van der Waals surface area (Å²) in [6.45, 7) is 3.94. The van der Waals surface area contributed by atoms with Gasteiger partial charge in [0.05, 0.1) is 21.5 Å². The minimum atomic E-state index is -0.305. The van der Waals surface area contributed by atoms with Crippen LogP contribution >= 0.6 is 11.3 Å². The van der Waals surface area contributed by atoms with Gasteiger partial charge in [-0.2, -0.15) is 0 Å². The number of benzene rings is 2. The highest BCUT2D eigenvalue weighted by Gasteiger charge is 2.36. The van der Waals surface area contributed by atoms with Crippen molar-refractivity contribution in [3.63, 3.8) is 0 Å². The van der Waals surface area contributed by atoms with E-state index in [1.54, 1.807) is 24.3 Å². The molecule has 0 saturated carbocycles. The lowest BCUT2D eigenvalue weighted by Crippen LogP contribution is -2.30. The molecule has 1 unspecified atom stereocenters. The minimum Gasteiger partial charge on any atom is -0.506 e. The van der Waals surface area contributed by atoms with E-state index < -0.39 is 0 Å². The van der Waals surface area contributed by atoms with Crippen LogP contribution in [0.4, 0.5) is 5.69 Å². The molecule has 1 saturated heterocycles. The van der Waals surface area contributed by atoms with E-state index in [9.17, 15) is 14.7 Å². The van der Waals surface area contributed by atoms with Gasteiger partial charge in [0.25, 0.3) is 0 Å². The zero-order valence-electron chi connectivity index (χ0n) is 18.8. The number of hydrogen-bond donors (Lipinski definition) is 4. The summed E-state index contributed by atoms with van der Waals surface area (Å²) < 4.78 is 0.642. The average Bonchev–Trinajstić information content (AvgIpc) is 3.47. The second-order valence-corrected chi connectivity index (χ2v) is 9.82. The van der Waals surface area contributed by atoms with E-state index in [1.807, 2.05) is 19.5 Å². The van der Waals surface area contributed by atoms with Gasteiger partial charge in [-0.15, -0.1) is 11.3 Å². The molecule has 1 atom stereocenters. The van der Waals surface area contributed by atoms with Gasteiger partial charge in [-0.25, -0.2) is 0 Å². The molecule has 2 aromatic carbocycles. The number of fused-ring (bicyclic) bond motifs is 3. The zero-order valence-corrected chi connectivity index (χ0v) is 19.6. The van der Waals surface area contributed by atoms with E-state index >= 15 is 0 Å². The molecular formula is C25H28N4O3S. The average molecular weight is 465 g/mol. The molecule has 4 N–H and O–H groups in total. The van der Waals surface area contributed by atoms with E-state index in [4.69, 9.17) is 0 Å². The van der Waals surface area contributed by atoms with Crippen LogP contribution in [0.3, 0.4) is 0 Å². The van der Waals surface area contributed by atoms with Gasteiger partial charge < -0.3 is 26.0 Å². The molecule has 2 aliphatic rings. The van der Waals surface area contributed by atoms with Crippen molar-refractivity contribution >= 4 is 38.7 Å². The summed E-state index contributed by atoms with van der Waals surface area (Å²) in [7, 11) is 3.98. The maximum Gasteiger partial charge on any atom is 0.198 e. The second-order valence-electron chi connectivity index (χ2n) is 8.94. The van der Waals surface area contributed by atoms with Crippen LogP contribution in [0.25, 0.3) is 10.1 Å². The summed E-state index contributed by atoms with van der Waals surface area (Å²) in [6, 6.07) is 7.24. The van der Waals surface area contributed by atoms with Crippen molar-refractivity contribution in [3.8, 4) is 5.75 Å². The minimum absolute atomic E-state index is 0.0928. The van der Waals surface area contributed by atoms with Crippen molar-refractivity contribution in [3.05, 3.63) is 57.5 Å². The molecule has 0 spiro atoms. The number of phenols is 1. The highest BCUT2D eigenvalue weighted by molar-refractivity contribution is 7.18. The molecule has 1 fully saturated rings. The van der Waals surface area contributed by atoms with Gasteiger partial charge in [0.1, 0.15) is 5.75 Å².